The SMILES string of the molecule is O=C(O)c1ccc2c(c1)nc([O-])c1ccccc12.[Na+]. The van der Waals surface area contributed by atoms with Crippen LogP contribution in [0.1, 0.15) is 10.4 Å². The second kappa shape index (κ2) is 5.17. The van der Waals surface area contributed by atoms with E-state index in [1.165, 1.54) is 12.1 Å². The van der Waals surface area contributed by atoms with E-state index in [4.69, 9.17) is 5.11 Å². The molecule has 88 valence electrons. The molecule has 0 saturated carbocycles. The molecule has 3 aromatic rings. The molecule has 4 nitrogen and oxygen atoms in total. The molecule has 1 aromatic heterocycles. The van der Waals surface area contributed by atoms with Gasteiger partial charge in [-0.3, -0.25) is 4.98 Å². The molecule has 5 heteroatoms. The van der Waals surface area contributed by atoms with Crippen molar-refractivity contribution >= 4 is 27.6 Å². The number of aromatic carboxylic acids is 1. The molecular formula is C14H8NNaO3. The Bertz CT molecular complexity index is 786. The maximum atomic E-state index is 11.8. The van der Waals surface area contributed by atoms with Crippen LogP contribution in [-0.2, 0) is 0 Å². The van der Waals surface area contributed by atoms with Crippen molar-refractivity contribution in [3.05, 3.63) is 48.0 Å². The molecule has 1 N–H and O–H groups in total. The Hall–Kier alpha value is -1.62. The van der Waals surface area contributed by atoms with E-state index in [0.29, 0.717) is 10.9 Å². The molecule has 19 heavy (non-hydrogen) atoms. The topological polar surface area (TPSA) is 73.2 Å². The standard InChI is InChI=1S/C14H9NO3.Na/c16-13-11-4-2-1-3-9(11)10-6-5-8(14(17)18)7-12(10)15-13;/h1-7H,(H,15,16)(H,17,18);/q;+1/p-1. The van der Waals surface area contributed by atoms with Crippen molar-refractivity contribution in [1.82, 2.24) is 4.98 Å². The van der Waals surface area contributed by atoms with Gasteiger partial charge in [0.2, 0.25) is 0 Å². The van der Waals surface area contributed by atoms with E-state index in [2.05, 4.69) is 4.98 Å². The molecule has 0 bridgehead atoms. The van der Waals surface area contributed by atoms with E-state index in [0.717, 1.165) is 10.8 Å². The Morgan fingerprint density at radius 2 is 1.74 bits per heavy atom. The molecule has 1 heterocycles. The van der Waals surface area contributed by atoms with Gasteiger partial charge in [0.15, 0.2) is 0 Å². The van der Waals surface area contributed by atoms with E-state index in [9.17, 15) is 9.90 Å². The normalized spacial score (nSPS) is 10.3. The van der Waals surface area contributed by atoms with Crippen LogP contribution >= 0.6 is 0 Å². The van der Waals surface area contributed by atoms with Gasteiger partial charge >= 0.3 is 35.5 Å². The van der Waals surface area contributed by atoms with Crippen LogP contribution in [0.3, 0.4) is 0 Å². The molecule has 0 radical (unpaired) electrons. The monoisotopic (exact) mass is 261 g/mol. The summed E-state index contributed by atoms with van der Waals surface area (Å²) in [7, 11) is 0. The van der Waals surface area contributed by atoms with Crippen LogP contribution < -0.4 is 34.7 Å². The fraction of sp³-hybridized carbons (Fsp3) is 0. The molecule has 0 atom stereocenters. The van der Waals surface area contributed by atoms with Crippen LogP contribution in [-0.4, -0.2) is 16.1 Å². The summed E-state index contributed by atoms with van der Waals surface area (Å²) in [5.41, 5.74) is 0.545. The number of carboxylic acid groups (broad SMARTS) is 1. The Balaban J connectivity index is 0.00000133. The van der Waals surface area contributed by atoms with E-state index in [1.54, 1.807) is 18.2 Å². The smallest absolute Gasteiger partial charge is 0.858 e. The third kappa shape index (κ3) is 2.30. The molecule has 0 spiro atoms. The number of aromatic nitrogens is 1. The number of benzene rings is 2. The summed E-state index contributed by atoms with van der Waals surface area (Å²) >= 11 is 0. The zero-order valence-corrected chi connectivity index (χ0v) is 12.3. The molecule has 2 aromatic carbocycles. The zero-order valence-electron chi connectivity index (χ0n) is 10.3. The van der Waals surface area contributed by atoms with Gasteiger partial charge in [-0.15, -0.1) is 0 Å². The summed E-state index contributed by atoms with van der Waals surface area (Å²) in [6.07, 6.45) is 0. The number of fused-ring (bicyclic) bond motifs is 3. The average Bonchev–Trinajstić information content (AvgIpc) is 2.38. The van der Waals surface area contributed by atoms with Gasteiger partial charge in [-0.1, -0.05) is 30.3 Å². The zero-order chi connectivity index (χ0) is 12.7. The van der Waals surface area contributed by atoms with Crippen LogP contribution in [0.2, 0.25) is 0 Å². The minimum atomic E-state index is -1.03. The second-order valence-electron chi connectivity index (χ2n) is 4.00. The van der Waals surface area contributed by atoms with Crippen LogP contribution in [0.5, 0.6) is 5.88 Å². The summed E-state index contributed by atoms with van der Waals surface area (Å²) in [6.45, 7) is 0. The third-order valence-electron chi connectivity index (χ3n) is 2.91. The first kappa shape index (κ1) is 13.8. The summed E-state index contributed by atoms with van der Waals surface area (Å²) in [6, 6.07) is 11.8. The van der Waals surface area contributed by atoms with Crippen molar-refractivity contribution in [2.45, 2.75) is 0 Å². The number of rotatable bonds is 1. The minimum absolute atomic E-state index is 0. The van der Waals surface area contributed by atoms with Gasteiger partial charge in [0.1, 0.15) is 0 Å². The van der Waals surface area contributed by atoms with Gasteiger partial charge in [-0.2, -0.15) is 0 Å². The minimum Gasteiger partial charge on any atom is -0.858 e. The molecule has 0 amide bonds. The summed E-state index contributed by atoms with van der Waals surface area (Å²) < 4.78 is 0. The molecule has 0 aliphatic heterocycles. The van der Waals surface area contributed by atoms with Gasteiger partial charge in [0, 0.05) is 5.39 Å². The number of nitrogens with zero attached hydrogens (tertiary/aromatic N) is 1. The second-order valence-corrected chi connectivity index (χ2v) is 4.00. The Labute approximate surface area is 131 Å². The van der Waals surface area contributed by atoms with E-state index >= 15 is 0 Å². The molecule has 0 aliphatic rings. The predicted molar refractivity (Wildman–Crippen MR) is 65.7 cm³/mol. The number of pyridine rings is 1. The predicted octanol–water partition coefficient (Wildman–Crippen LogP) is -0.836. The van der Waals surface area contributed by atoms with Crippen molar-refractivity contribution < 1.29 is 44.6 Å². The fourth-order valence-electron chi connectivity index (χ4n) is 2.06. The molecule has 0 unspecified atom stereocenters. The Morgan fingerprint density at radius 3 is 2.42 bits per heavy atom. The first-order chi connectivity index (χ1) is 8.66. The Kier molecular flexibility index (Phi) is 3.75. The van der Waals surface area contributed by atoms with Crippen molar-refractivity contribution in [2.75, 3.05) is 0 Å². The first-order valence-corrected chi connectivity index (χ1v) is 5.39. The number of hydrogen-bond acceptors (Lipinski definition) is 3. The largest absolute Gasteiger partial charge is 1.00 e. The summed E-state index contributed by atoms with van der Waals surface area (Å²) in [5, 5.41) is 22.9. The molecular weight excluding hydrogens is 253 g/mol. The van der Waals surface area contributed by atoms with E-state index < -0.39 is 5.97 Å². The van der Waals surface area contributed by atoms with E-state index in [-0.39, 0.29) is 41.0 Å². The molecule has 3 rings (SSSR count). The summed E-state index contributed by atoms with van der Waals surface area (Å²) in [5.74, 6) is -1.36. The van der Waals surface area contributed by atoms with Crippen molar-refractivity contribution in [1.29, 1.82) is 0 Å². The maximum absolute atomic E-state index is 11.8. The van der Waals surface area contributed by atoms with Gasteiger partial charge in [0.25, 0.3) is 0 Å². The number of carbonyl (C=O) groups is 1. The van der Waals surface area contributed by atoms with Gasteiger partial charge in [-0.25, -0.2) is 4.79 Å². The molecule has 0 saturated heterocycles. The molecule has 0 aliphatic carbocycles. The van der Waals surface area contributed by atoms with Gasteiger partial charge in [0.05, 0.1) is 11.1 Å². The number of hydrogen-bond donors (Lipinski definition) is 1. The van der Waals surface area contributed by atoms with Crippen LogP contribution in [0, 0.1) is 0 Å². The van der Waals surface area contributed by atoms with Crippen molar-refractivity contribution in [3.63, 3.8) is 0 Å². The summed E-state index contributed by atoms with van der Waals surface area (Å²) in [4.78, 5) is 14.8. The van der Waals surface area contributed by atoms with Crippen molar-refractivity contribution in [2.24, 2.45) is 0 Å². The maximum Gasteiger partial charge on any atom is 1.00 e. The van der Waals surface area contributed by atoms with E-state index in [1.807, 2.05) is 12.1 Å². The third-order valence-corrected chi connectivity index (χ3v) is 2.91. The first-order valence-electron chi connectivity index (χ1n) is 5.39. The van der Waals surface area contributed by atoms with Gasteiger partial charge < -0.3 is 10.2 Å². The van der Waals surface area contributed by atoms with Gasteiger partial charge in [-0.05, 0) is 28.8 Å². The molecule has 0 fully saturated rings. The number of carboxylic acids is 1. The van der Waals surface area contributed by atoms with Crippen molar-refractivity contribution in [3.8, 4) is 5.88 Å². The fourth-order valence-corrected chi connectivity index (χ4v) is 2.06. The van der Waals surface area contributed by atoms with Crippen LogP contribution in [0.15, 0.2) is 42.5 Å². The van der Waals surface area contributed by atoms with Crippen LogP contribution in [0.25, 0.3) is 21.7 Å². The quantitative estimate of drug-likeness (QED) is 0.458. The van der Waals surface area contributed by atoms with Crippen LogP contribution in [0.4, 0.5) is 0 Å². The average molecular weight is 261 g/mol. The Morgan fingerprint density at radius 1 is 1.05 bits per heavy atom.